The maximum atomic E-state index is 14.1. The zero-order valence-corrected chi connectivity index (χ0v) is 16.9. The third-order valence-corrected chi connectivity index (χ3v) is 4.20. The molecule has 9 nitrogen and oxygen atoms in total. The van der Waals surface area contributed by atoms with Crippen LogP contribution in [0.25, 0.3) is 0 Å². The lowest BCUT2D eigenvalue weighted by Gasteiger charge is -2.11. The van der Waals surface area contributed by atoms with Crippen molar-refractivity contribution in [1.82, 2.24) is 20.6 Å². The van der Waals surface area contributed by atoms with E-state index in [-0.39, 0.29) is 48.3 Å². The summed E-state index contributed by atoms with van der Waals surface area (Å²) in [6.07, 6.45) is 5.32. The fraction of sp³-hybridized carbons (Fsp3) is 0.300. The number of alkyl halides is 2. The lowest BCUT2D eigenvalue weighted by molar-refractivity contribution is -0.120. The Morgan fingerprint density at radius 1 is 1.34 bits per heavy atom. The summed E-state index contributed by atoms with van der Waals surface area (Å²) in [5.41, 5.74) is 0.822. The number of nitrogens with one attached hydrogen (secondary N) is 5. The van der Waals surface area contributed by atoms with Gasteiger partial charge in [-0.2, -0.15) is 13.8 Å². The molecule has 3 rings (SSSR count). The van der Waals surface area contributed by atoms with Gasteiger partial charge in [0.1, 0.15) is 5.75 Å². The number of amides is 1. The quantitative estimate of drug-likeness (QED) is 0.316. The first-order valence-corrected chi connectivity index (χ1v) is 9.73. The number of aromatic nitrogens is 2. The van der Waals surface area contributed by atoms with E-state index >= 15 is 0 Å². The van der Waals surface area contributed by atoms with Crippen molar-refractivity contribution in [2.24, 2.45) is 0 Å². The van der Waals surface area contributed by atoms with Gasteiger partial charge >= 0.3 is 6.61 Å². The van der Waals surface area contributed by atoms with Gasteiger partial charge in [0.2, 0.25) is 11.9 Å². The van der Waals surface area contributed by atoms with E-state index < -0.39 is 12.4 Å². The molecule has 1 aromatic carbocycles. The average molecular weight is 449 g/mol. The largest absolute Gasteiger partial charge is 0.435 e. The van der Waals surface area contributed by atoms with E-state index in [1.165, 1.54) is 24.4 Å². The van der Waals surface area contributed by atoms with Crippen molar-refractivity contribution < 1.29 is 22.7 Å². The summed E-state index contributed by atoms with van der Waals surface area (Å²) in [5, 5.41) is 18.6. The molecule has 0 atom stereocenters. The van der Waals surface area contributed by atoms with E-state index in [1.54, 1.807) is 6.07 Å². The molecule has 1 fully saturated rings. The number of ether oxygens (including phenoxy) is 1. The minimum absolute atomic E-state index is 0.0103. The lowest BCUT2D eigenvalue weighted by Crippen LogP contribution is -2.33. The molecule has 0 saturated heterocycles. The number of anilines is 2. The van der Waals surface area contributed by atoms with Crippen LogP contribution in [0.1, 0.15) is 18.4 Å². The molecule has 12 heteroatoms. The van der Waals surface area contributed by atoms with Crippen molar-refractivity contribution in [3.05, 3.63) is 53.7 Å². The van der Waals surface area contributed by atoms with Crippen molar-refractivity contribution in [2.45, 2.75) is 32.0 Å². The van der Waals surface area contributed by atoms with Gasteiger partial charge in [-0.1, -0.05) is 12.1 Å². The number of hydrogen-bond donors (Lipinski definition) is 5. The number of benzene rings is 1. The van der Waals surface area contributed by atoms with Gasteiger partial charge in [0.15, 0.2) is 11.6 Å². The normalized spacial score (nSPS) is 13.4. The second kappa shape index (κ2) is 11.0. The lowest BCUT2D eigenvalue weighted by atomic mass is 10.2. The Balaban J connectivity index is 1.57. The minimum atomic E-state index is -2.94. The van der Waals surface area contributed by atoms with Crippen molar-refractivity contribution in [1.29, 1.82) is 5.41 Å². The van der Waals surface area contributed by atoms with E-state index in [0.717, 1.165) is 25.3 Å². The fourth-order valence-electron chi connectivity index (χ4n) is 2.57. The number of nitrogens with zero attached hydrogens (tertiary/aromatic N) is 2. The van der Waals surface area contributed by atoms with Gasteiger partial charge in [0.25, 0.3) is 0 Å². The first kappa shape index (κ1) is 22.8. The van der Waals surface area contributed by atoms with Crippen LogP contribution in [0.2, 0.25) is 0 Å². The summed E-state index contributed by atoms with van der Waals surface area (Å²) < 4.78 is 43.1. The molecule has 1 aliphatic rings. The number of halogens is 3. The van der Waals surface area contributed by atoms with Crippen LogP contribution in [-0.2, 0) is 11.3 Å². The molecule has 0 aliphatic heterocycles. The third-order valence-electron chi connectivity index (χ3n) is 4.20. The molecular formula is C20H22F3N7O2. The van der Waals surface area contributed by atoms with Gasteiger partial charge in [-0.25, -0.2) is 9.37 Å². The van der Waals surface area contributed by atoms with Gasteiger partial charge in [0.05, 0.1) is 18.4 Å². The van der Waals surface area contributed by atoms with Crippen LogP contribution in [0.3, 0.4) is 0 Å². The Hall–Kier alpha value is -3.83. The van der Waals surface area contributed by atoms with E-state index in [9.17, 15) is 18.0 Å². The Labute approximate surface area is 182 Å². The molecule has 0 unspecified atom stereocenters. The number of carbonyl (C=O) groups is 1. The summed E-state index contributed by atoms with van der Waals surface area (Å²) in [4.78, 5) is 19.5. The maximum absolute atomic E-state index is 14.1. The molecule has 1 aliphatic carbocycles. The van der Waals surface area contributed by atoms with Crippen LogP contribution >= 0.6 is 0 Å². The highest BCUT2D eigenvalue weighted by atomic mass is 19.3. The Kier molecular flexibility index (Phi) is 7.84. The summed E-state index contributed by atoms with van der Waals surface area (Å²) in [6.45, 7) is -2.80. The molecule has 0 bridgehead atoms. The SMILES string of the molecule is N=C/C(=C\NCC(=O)NC1CC1)Nc1ncc(F)c(NCc2cccc(OC(F)F)c2)n1. The summed E-state index contributed by atoms with van der Waals surface area (Å²) in [6, 6.07) is 6.24. The van der Waals surface area contributed by atoms with E-state index in [1.807, 2.05) is 0 Å². The zero-order valence-electron chi connectivity index (χ0n) is 16.9. The fourth-order valence-corrected chi connectivity index (χ4v) is 2.57. The van der Waals surface area contributed by atoms with Crippen molar-refractivity contribution in [3.8, 4) is 5.75 Å². The predicted molar refractivity (Wildman–Crippen MR) is 112 cm³/mol. The highest BCUT2D eigenvalue weighted by Gasteiger charge is 2.22. The Bertz CT molecular complexity index is 983. The topological polar surface area (TPSA) is 124 Å². The van der Waals surface area contributed by atoms with Crippen LogP contribution in [0.15, 0.2) is 42.4 Å². The van der Waals surface area contributed by atoms with Crippen LogP contribution in [0.5, 0.6) is 5.75 Å². The molecule has 170 valence electrons. The van der Waals surface area contributed by atoms with Crippen LogP contribution < -0.4 is 26.0 Å². The number of hydrogen-bond acceptors (Lipinski definition) is 8. The summed E-state index contributed by atoms with van der Waals surface area (Å²) in [5.74, 6) is -0.984. The van der Waals surface area contributed by atoms with Crippen LogP contribution in [0.4, 0.5) is 24.9 Å². The standard InChI is InChI=1S/C20H22F3N7O2/c21-16-10-27-20(29-14(7-24)9-25-11-17(31)28-13-4-5-13)30-18(16)26-8-12-2-1-3-15(6-12)32-19(22)23/h1-3,6-7,9-10,13,19,24-25H,4-5,8,11H2,(H,28,31)(H2,26,27,29,30)/b14-9+,24-7?. The van der Waals surface area contributed by atoms with Gasteiger partial charge in [-0.05, 0) is 30.5 Å². The Morgan fingerprint density at radius 2 is 2.16 bits per heavy atom. The summed E-state index contributed by atoms with van der Waals surface area (Å²) in [7, 11) is 0. The highest BCUT2D eigenvalue weighted by molar-refractivity contribution is 5.81. The molecule has 1 heterocycles. The maximum Gasteiger partial charge on any atom is 0.387 e. The van der Waals surface area contributed by atoms with Gasteiger partial charge in [-0.3, -0.25) is 4.79 Å². The monoisotopic (exact) mass is 449 g/mol. The smallest absolute Gasteiger partial charge is 0.387 e. The molecule has 1 aromatic heterocycles. The second-order valence-corrected chi connectivity index (χ2v) is 6.86. The molecule has 1 saturated carbocycles. The molecule has 0 spiro atoms. The average Bonchev–Trinajstić information content (AvgIpc) is 3.57. The molecule has 5 N–H and O–H groups in total. The second-order valence-electron chi connectivity index (χ2n) is 6.86. The van der Waals surface area contributed by atoms with E-state index in [2.05, 4.69) is 36.0 Å². The summed E-state index contributed by atoms with van der Waals surface area (Å²) >= 11 is 0. The minimum Gasteiger partial charge on any atom is -0.435 e. The number of rotatable bonds is 12. The van der Waals surface area contributed by atoms with Crippen molar-refractivity contribution in [3.63, 3.8) is 0 Å². The highest BCUT2D eigenvalue weighted by Crippen LogP contribution is 2.19. The first-order chi connectivity index (χ1) is 15.4. The molecular weight excluding hydrogens is 427 g/mol. The van der Waals surface area contributed by atoms with Crippen LogP contribution in [-0.4, -0.2) is 41.3 Å². The van der Waals surface area contributed by atoms with E-state index in [0.29, 0.717) is 5.56 Å². The zero-order chi connectivity index (χ0) is 22.9. The molecule has 1 amide bonds. The van der Waals surface area contributed by atoms with Gasteiger partial charge < -0.3 is 31.4 Å². The number of allylic oxidation sites excluding steroid dienone is 1. The molecule has 2 aromatic rings. The number of carbonyl (C=O) groups excluding carboxylic acids is 1. The van der Waals surface area contributed by atoms with Crippen molar-refractivity contribution >= 4 is 23.9 Å². The van der Waals surface area contributed by atoms with Crippen LogP contribution in [0, 0.1) is 11.2 Å². The van der Waals surface area contributed by atoms with Gasteiger partial charge in [0, 0.05) is 25.0 Å². The molecule has 32 heavy (non-hydrogen) atoms. The van der Waals surface area contributed by atoms with Crippen molar-refractivity contribution in [2.75, 3.05) is 17.2 Å². The van der Waals surface area contributed by atoms with E-state index in [4.69, 9.17) is 5.41 Å². The predicted octanol–water partition coefficient (Wildman–Crippen LogP) is 2.60. The van der Waals surface area contributed by atoms with Gasteiger partial charge in [-0.15, -0.1) is 0 Å². The first-order valence-electron chi connectivity index (χ1n) is 9.73. The third kappa shape index (κ3) is 7.45. The molecule has 0 radical (unpaired) electrons. The Morgan fingerprint density at radius 3 is 2.88 bits per heavy atom.